The monoisotopic (exact) mass is 226 g/mol. The molecule has 2 rings (SSSR count). The van der Waals surface area contributed by atoms with Crippen LogP contribution in [0.2, 0.25) is 0 Å². The fourth-order valence-corrected chi connectivity index (χ4v) is 1.52. The molecule has 0 aromatic heterocycles. The number of aryl methyl sites for hydroxylation is 1. The van der Waals surface area contributed by atoms with Gasteiger partial charge in [0.25, 0.3) is 0 Å². The molecule has 1 N–H and O–H groups in total. The summed E-state index contributed by atoms with van der Waals surface area (Å²) in [5.74, 6) is -0.292. The van der Waals surface area contributed by atoms with Crippen molar-refractivity contribution < 1.29 is 4.39 Å². The fraction of sp³-hybridized carbons (Fsp3) is 0.0714. The average Bonchev–Trinajstić information content (AvgIpc) is 2.35. The van der Waals surface area contributed by atoms with Gasteiger partial charge in [0.15, 0.2) is 0 Å². The molecule has 0 aliphatic carbocycles. The van der Waals surface area contributed by atoms with E-state index in [-0.39, 0.29) is 5.82 Å². The van der Waals surface area contributed by atoms with E-state index < -0.39 is 0 Å². The Bertz CT molecular complexity index is 568. The average molecular weight is 226 g/mol. The number of benzene rings is 2. The van der Waals surface area contributed by atoms with Crippen molar-refractivity contribution in [2.45, 2.75) is 6.92 Å². The second kappa shape index (κ2) is 4.67. The molecule has 0 bridgehead atoms. The molecule has 0 aliphatic heterocycles. The van der Waals surface area contributed by atoms with Gasteiger partial charge in [-0.3, -0.25) is 0 Å². The van der Waals surface area contributed by atoms with Gasteiger partial charge in [0.1, 0.15) is 5.82 Å². The van der Waals surface area contributed by atoms with E-state index in [1.807, 2.05) is 13.0 Å². The standard InChI is InChI=1S/C14H11FN2/c1-10-2-7-13(15)14(8-10)17-12-5-3-11(9-16)4-6-12/h2-8,17H,1H3. The van der Waals surface area contributed by atoms with Crippen molar-refractivity contribution in [2.75, 3.05) is 5.32 Å². The van der Waals surface area contributed by atoms with Crippen LogP contribution in [0.15, 0.2) is 42.5 Å². The second-order valence-electron chi connectivity index (χ2n) is 3.80. The maximum absolute atomic E-state index is 13.5. The summed E-state index contributed by atoms with van der Waals surface area (Å²) in [5.41, 5.74) is 2.77. The summed E-state index contributed by atoms with van der Waals surface area (Å²) >= 11 is 0. The zero-order valence-electron chi connectivity index (χ0n) is 9.37. The van der Waals surface area contributed by atoms with E-state index >= 15 is 0 Å². The minimum atomic E-state index is -0.292. The minimum Gasteiger partial charge on any atom is -0.353 e. The first-order valence-electron chi connectivity index (χ1n) is 5.22. The van der Waals surface area contributed by atoms with Gasteiger partial charge in [0.05, 0.1) is 17.3 Å². The lowest BCUT2D eigenvalue weighted by atomic mass is 10.2. The summed E-state index contributed by atoms with van der Waals surface area (Å²) in [6.45, 7) is 1.91. The van der Waals surface area contributed by atoms with Crippen LogP contribution in [-0.2, 0) is 0 Å². The molecule has 0 heterocycles. The number of nitrogens with zero attached hydrogens (tertiary/aromatic N) is 1. The summed E-state index contributed by atoms with van der Waals surface area (Å²) < 4.78 is 13.5. The molecule has 0 saturated heterocycles. The Labute approximate surface area is 99.3 Å². The molecular weight excluding hydrogens is 215 g/mol. The lowest BCUT2D eigenvalue weighted by Gasteiger charge is -2.08. The molecule has 0 radical (unpaired) electrons. The van der Waals surface area contributed by atoms with Gasteiger partial charge in [-0.15, -0.1) is 0 Å². The maximum atomic E-state index is 13.5. The summed E-state index contributed by atoms with van der Waals surface area (Å²) in [5, 5.41) is 11.6. The van der Waals surface area contributed by atoms with Gasteiger partial charge in [-0.25, -0.2) is 4.39 Å². The van der Waals surface area contributed by atoms with E-state index in [9.17, 15) is 4.39 Å². The number of nitriles is 1. The van der Waals surface area contributed by atoms with Crippen LogP contribution in [0.3, 0.4) is 0 Å². The molecule has 17 heavy (non-hydrogen) atoms. The first-order chi connectivity index (χ1) is 8.19. The minimum absolute atomic E-state index is 0.292. The third-order valence-electron chi connectivity index (χ3n) is 2.41. The summed E-state index contributed by atoms with van der Waals surface area (Å²) in [4.78, 5) is 0. The number of halogens is 1. The van der Waals surface area contributed by atoms with Crippen molar-refractivity contribution in [1.29, 1.82) is 5.26 Å². The predicted octanol–water partition coefficient (Wildman–Crippen LogP) is 3.75. The van der Waals surface area contributed by atoms with Crippen LogP contribution in [0, 0.1) is 24.1 Å². The lowest BCUT2D eigenvalue weighted by Crippen LogP contribution is -1.94. The Balaban J connectivity index is 2.25. The first-order valence-corrected chi connectivity index (χ1v) is 5.22. The highest BCUT2D eigenvalue weighted by Crippen LogP contribution is 2.21. The fourth-order valence-electron chi connectivity index (χ4n) is 1.52. The van der Waals surface area contributed by atoms with Crippen molar-refractivity contribution in [1.82, 2.24) is 0 Å². The van der Waals surface area contributed by atoms with Crippen LogP contribution in [-0.4, -0.2) is 0 Å². The van der Waals surface area contributed by atoms with E-state index in [0.29, 0.717) is 11.3 Å². The molecule has 84 valence electrons. The lowest BCUT2D eigenvalue weighted by molar-refractivity contribution is 0.631. The third-order valence-corrected chi connectivity index (χ3v) is 2.41. The molecular formula is C14H11FN2. The highest BCUT2D eigenvalue weighted by Gasteiger charge is 2.02. The number of nitrogens with one attached hydrogen (secondary N) is 1. The van der Waals surface area contributed by atoms with Crippen LogP contribution in [0.25, 0.3) is 0 Å². The molecule has 0 unspecified atom stereocenters. The van der Waals surface area contributed by atoms with Crippen molar-refractivity contribution in [3.8, 4) is 6.07 Å². The van der Waals surface area contributed by atoms with E-state index in [1.54, 1.807) is 36.4 Å². The van der Waals surface area contributed by atoms with Crippen molar-refractivity contribution in [2.24, 2.45) is 0 Å². The van der Waals surface area contributed by atoms with Crippen LogP contribution in [0.4, 0.5) is 15.8 Å². The summed E-state index contributed by atoms with van der Waals surface area (Å²) in [6.07, 6.45) is 0. The number of hydrogen-bond acceptors (Lipinski definition) is 2. The molecule has 2 aromatic rings. The number of hydrogen-bond donors (Lipinski definition) is 1. The smallest absolute Gasteiger partial charge is 0.146 e. The molecule has 0 saturated carbocycles. The highest BCUT2D eigenvalue weighted by atomic mass is 19.1. The first kappa shape index (κ1) is 11.2. The van der Waals surface area contributed by atoms with E-state index in [0.717, 1.165) is 11.3 Å². The number of anilines is 2. The Morgan fingerprint density at radius 1 is 1.12 bits per heavy atom. The molecule has 0 amide bonds. The van der Waals surface area contributed by atoms with E-state index in [4.69, 9.17) is 5.26 Å². The van der Waals surface area contributed by atoms with Crippen LogP contribution >= 0.6 is 0 Å². The van der Waals surface area contributed by atoms with E-state index in [1.165, 1.54) is 6.07 Å². The van der Waals surface area contributed by atoms with Gasteiger partial charge in [0.2, 0.25) is 0 Å². The molecule has 0 atom stereocenters. The van der Waals surface area contributed by atoms with Crippen molar-refractivity contribution in [3.05, 3.63) is 59.4 Å². The van der Waals surface area contributed by atoms with Gasteiger partial charge in [-0.1, -0.05) is 6.07 Å². The zero-order valence-corrected chi connectivity index (χ0v) is 9.37. The zero-order chi connectivity index (χ0) is 12.3. The third kappa shape index (κ3) is 2.61. The molecule has 0 aliphatic rings. The van der Waals surface area contributed by atoms with Gasteiger partial charge < -0.3 is 5.32 Å². The van der Waals surface area contributed by atoms with Gasteiger partial charge >= 0.3 is 0 Å². The van der Waals surface area contributed by atoms with Crippen LogP contribution < -0.4 is 5.32 Å². The quantitative estimate of drug-likeness (QED) is 0.846. The Kier molecular flexibility index (Phi) is 3.06. The molecule has 2 aromatic carbocycles. The normalized spacial score (nSPS) is 9.71. The van der Waals surface area contributed by atoms with Crippen molar-refractivity contribution in [3.63, 3.8) is 0 Å². The summed E-state index contributed by atoms with van der Waals surface area (Å²) in [7, 11) is 0. The van der Waals surface area contributed by atoms with Gasteiger partial charge in [-0.2, -0.15) is 5.26 Å². The largest absolute Gasteiger partial charge is 0.353 e. The van der Waals surface area contributed by atoms with Crippen LogP contribution in [0.5, 0.6) is 0 Å². The Morgan fingerprint density at radius 3 is 2.47 bits per heavy atom. The van der Waals surface area contributed by atoms with Gasteiger partial charge in [0, 0.05) is 5.69 Å². The molecule has 3 heteroatoms. The van der Waals surface area contributed by atoms with E-state index in [2.05, 4.69) is 5.32 Å². The van der Waals surface area contributed by atoms with Gasteiger partial charge in [-0.05, 0) is 48.9 Å². The highest BCUT2D eigenvalue weighted by molar-refractivity contribution is 5.61. The molecule has 2 nitrogen and oxygen atoms in total. The SMILES string of the molecule is Cc1ccc(F)c(Nc2ccc(C#N)cc2)c1. The van der Waals surface area contributed by atoms with Crippen LogP contribution in [0.1, 0.15) is 11.1 Å². The maximum Gasteiger partial charge on any atom is 0.146 e. The predicted molar refractivity (Wildman–Crippen MR) is 65.6 cm³/mol. The molecule has 0 fully saturated rings. The Hall–Kier alpha value is -2.34. The second-order valence-corrected chi connectivity index (χ2v) is 3.80. The topological polar surface area (TPSA) is 35.8 Å². The number of rotatable bonds is 2. The van der Waals surface area contributed by atoms with Crippen molar-refractivity contribution >= 4 is 11.4 Å². The summed E-state index contributed by atoms with van der Waals surface area (Å²) in [6, 6.07) is 13.8. The Morgan fingerprint density at radius 2 is 1.82 bits per heavy atom. The molecule has 0 spiro atoms.